The average Bonchev–Trinajstić information content (AvgIpc) is 2.76. The Morgan fingerprint density at radius 1 is 0.862 bits per heavy atom. The first-order chi connectivity index (χ1) is 14.2. The highest BCUT2D eigenvalue weighted by Gasteiger charge is 2.16. The molecule has 6 heteroatoms. The predicted octanol–water partition coefficient (Wildman–Crippen LogP) is 2.83. The van der Waals surface area contributed by atoms with E-state index in [9.17, 15) is 4.39 Å². The van der Waals surface area contributed by atoms with Gasteiger partial charge in [0, 0.05) is 58.4 Å². The van der Waals surface area contributed by atoms with E-state index in [0.717, 1.165) is 39.3 Å². The Bertz CT molecular complexity index is 799. The number of rotatable bonds is 7. The van der Waals surface area contributed by atoms with Crippen molar-refractivity contribution in [2.24, 2.45) is 4.99 Å². The number of halogens is 1. The lowest BCUT2D eigenvalue weighted by Gasteiger charge is -2.34. The molecule has 5 nitrogen and oxygen atoms in total. The van der Waals surface area contributed by atoms with Crippen molar-refractivity contribution < 1.29 is 4.39 Å². The van der Waals surface area contributed by atoms with Gasteiger partial charge in [0.15, 0.2) is 5.96 Å². The molecular formula is C23H32FN5. The van der Waals surface area contributed by atoms with E-state index in [2.05, 4.69) is 56.6 Å². The molecule has 1 fully saturated rings. The second kappa shape index (κ2) is 10.9. The minimum Gasteiger partial charge on any atom is -0.352 e. The summed E-state index contributed by atoms with van der Waals surface area (Å²) in [4.78, 5) is 9.29. The number of likely N-dealkylation sites (N-methyl/N-ethyl adjacent to an activating group) is 1. The molecule has 156 valence electrons. The molecule has 0 amide bonds. The Kier molecular flexibility index (Phi) is 8.02. The van der Waals surface area contributed by atoms with Crippen LogP contribution in [0.4, 0.5) is 4.39 Å². The van der Waals surface area contributed by atoms with Gasteiger partial charge in [-0.3, -0.25) is 9.89 Å². The van der Waals surface area contributed by atoms with Gasteiger partial charge < -0.3 is 15.5 Å². The Morgan fingerprint density at radius 2 is 1.41 bits per heavy atom. The second-order valence-electron chi connectivity index (χ2n) is 7.35. The van der Waals surface area contributed by atoms with Crippen molar-refractivity contribution in [3.63, 3.8) is 0 Å². The maximum absolute atomic E-state index is 13.8. The smallest absolute Gasteiger partial charge is 0.191 e. The molecule has 0 aliphatic carbocycles. The van der Waals surface area contributed by atoms with E-state index in [1.54, 1.807) is 19.2 Å². The van der Waals surface area contributed by atoms with Gasteiger partial charge >= 0.3 is 0 Å². The molecule has 1 saturated heterocycles. The summed E-state index contributed by atoms with van der Waals surface area (Å²) in [5, 5.41) is 6.55. The Balaban J connectivity index is 1.54. The second-order valence-corrected chi connectivity index (χ2v) is 7.35. The SMILES string of the molecule is CCN1CCN(Cc2ccccc2CNC(=NC)NCc2ccccc2F)CC1. The van der Waals surface area contributed by atoms with Crippen molar-refractivity contribution in [2.75, 3.05) is 39.8 Å². The number of hydrogen-bond acceptors (Lipinski definition) is 3. The molecule has 0 saturated carbocycles. The molecule has 2 aromatic carbocycles. The summed E-state index contributed by atoms with van der Waals surface area (Å²) in [6.07, 6.45) is 0. The number of benzene rings is 2. The third kappa shape index (κ3) is 6.27. The lowest BCUT2D eigenvalue weighted by Crippen LogP contribution is -2.45. The van der Waals surface area contributed by atoms with Gasteiger partial charge in [-0.25, -0.2) is 4.39 Å². The quantitative estimate of drug-likeness (QED) is 0.557. The van der Waals surface area contributed by atoms with Gasteiger partial charge in [-0.15, -0.1) is 0 Å². The van der Waals surface area contributed by atoms with Crippen LogP contribution in [-0.4, -0.2) is 55.5 Å². The number of hydrogen-bond donors (Lipinski definition) is 2. The maximum atomic E-state index is 13.8. The third-order valence-corrected chi connectivity index (χ3v) is 5.50. The standard InChI is InChI=1S/C23H32FN5/c1-3-28-12-14-29(15-13-28)18-21-10-5-4-8-19(21)16-26-23(25-2)27-17-20-9-6-7-11-22(20)24/h4-11H,3,12-18H2,1-2H3,(H2,25,26,27). The zero-order valence-corrected chi connectivity index (χ0v) is 17.5. The molecule has 0 unspecified atom stereocenters. The molecule has 3 rings (SSSR count). The van der Waals surface area contributed by atoms with Crippen LogP contribution in [0.2, 0.25) is 0 Å². The minimum atomic E-state index is -0.205. The van der Waals surface area contributed by atoms with E-state index >= 15 is 0 Å². The van der Waals surface area contributed by atoms with Gasteiger partial charge in [0.25, 0.3) is 0 Å². The molecule has 0 aromatic heterocycles. The molecule has 0 atom stereocenters. The zero-order valence-electron chi connectivity index (χ0n) is 17.5. The third-order valence-electron chi connectivity index (χ3n) is 5.50. The summed E-state index contributed by atoms with van der Waals surface area (Å²) >= 11 is 0. The van der Waals surface area contributed by atoms with Gasteiger partial charge in [-0.05, 0) is 23.7 Å². The number of guanidine groups is 1. The van der Waals surface area contributed by atoms with E-state index in [0.29, 0.717) is 24.6 Å². The van der Waals surface area contributed by atoms with Crippen LogP contribution in [0.25, 0.3) is 0 Å². The van der Waals surface area contributed by atoms with Crippen LogP contribution in [0.15, 0.2) is 53.5 Å². The van der Waals surface area contributed by atoms with Crippen molar-refractivity contribution in [1.29, 1.82) is 0 Å². The molecule has 29 heavy (non-hydrogen) atoms. The fourth-order valence-electron chi connectivity index (χ4n) is 3.61. The first-order valence-corrected chi connectivity index (χ1v) is 10.4. The van der Waals surface area contributed by atoms with Crippen molar-refractivity contribution in [3.8, 4) is 0 Å². The first kappa shape index (κ1) is 21.3. The Labute approximate surface area is 173 Å². The highest BCUT2D eigenvalue weighted by molar-refractivity contribution is 5.79. The lowest BCUT2D eigenvalue weighted by molar-refractivity contribution is 0.131. The zero-order chi connectivity index (χ0) is 20.5. The number of piperazine rings is 1. The Morgan fingerprint density at radius 3 is 2.03 bits per heavy atom. The highest BCUT2D eigenvalue weighted by Crippen LogP contribution is 2.13. The van der Waals surface area contributed by atoms with Crippen molar-refractivity contribution >= 4 is 5.96 Å². The van der Waals surface area contributed by atoms with E-state index in [-0.39, 0.29) is 5.82 Å². The number of nitrogens with zero attached hydrogens (tertiary/aromatic N) is 3. The van der Waals surface area contributed by atoms with Gasteiger partial charge in [-0.1, -0.05) is 49.4 Å². The van der Waals surface area contributed by atoms with E-state index < -0.39 is 0 Å². The number of aliphatic imine (C=N–C) groups is 1. The van der Waals surface area contributed by atoms with Crippen LogP contribution in [-0.2, 0) is 19.6 Å². The van der Waals surface area contributed by atoms with Crippen molar-refractivity contribution in [3.05, 3.63) is 71.0 Å². The summed E-state index contributed by atoms with van der Waals surface area (Å²) in [6, 6.07) is 15.3. The molecular weight excluding hydrogens is 365 g/mol. The van der Waals surface area contributed by atoms with E-state index in [1.807, 2.05) is 6.07 Å². The molecule has 2 N–H and O–H groups in total. The fraction of sp³-hybridized carbons (Fsp3) is 0.435. The van der Waals surface area contributed by atoms with E-state index in [4.69, 9.17) is 0 Å². The molecule has 1 heterocycles. The monoisotopic (exact) mass is 397 g/mol. The summed E-state index contributed by atoms with van der Waals surface area (Å²) in [5.74, 6) is 0.462. The van der Waals surface area contributed by atoms with Crippen molar-refractivity contribution in [1.82, 2.24) is 20.4 Å². The predicted molar refractivity (Wildman–Crippen MR) is 117 cm³/mol. The van der Waals surface area contributed by atoms with Crippen LogP contribution in [0.5, 0.6) is 0 Å². The topological polar surface area (TPSA) is 42.9 Å². The van der Waals surface area contributed by atoms with E-state index in [1.165, 1.54) is 17.2 Å². The molecule has 1 aliphatic rings. The van der Waals surface area contributed by atoms with Gasteiger partial charge in [0.05, 0.1) is 0 Å². The largest absolute Gasteiger partial charge is 0.352 e. The molecule has 0 bridgehead atoms. The summed E-state index contributed by atoms with van der Waals surface area (Å²) < 4.78 is 13.8. The summed E-state index contributed by atoms with van der Waals surface area (Å²) in [6.45, 7) is 9.92. The lowest BCUT2D eigenvalue weighted by atomic mass is 10.1. The summed E-state index contributed by atoms with van der Waals surface area (Å²) in [7, 11) is 1.73. The first-order valence-electron chi connectivity index (χ1n) is 10.4. The molecule has 0 spiro atoms. The molecule has 2 aromatic rings. The Hall–Kier alpha value is -2.44. The summed E-state index contributed by atoms with van der Waals surface area (Å²) in [5.41, 5.74) is 3.23. The molecule has 0 radical (unpaired) electrons. The van der Waals surface area contributed by atoms with Gasteiger partial charge in [0.2, 0.25) is 0 Å². The van der Waals surface area contributed by atoms with Crippen LogP contribution < -0.4 is 10.6 Å². The van der Waals surface area contributed by atoms with Crippen LogP contribution in [0.1, 0.15) is 23.6 Å². The maximum Gasteiger partial charge on any atom is 0.191 e. The molecule has 1 aliphatic heterocycles. The van der Waals surface area contributed by atoms with Crippen LogP contribution >= 0.6 is 0 Å². The van der Waals surface area contributed by atoms with Crippen molar-refractivity contribution in [2.45, 2.75) is 26.6 Å². The van der Waals surface area contributed by atoms with Gasteiger partial charge in [-0.2, -0.15) is 0 Å². The fourth-order valence-corrected chi connectivity index (χ4v) is 3.61. The van der Waals surface area contributed by atoms with Gasteiger partial charge in [0.1, 0.15) is 5.82 Å². The minimum absolute atomic E-state index is 0.205. The van der Waals surface area contributed by atoms with Crippen LogP contribution in [0.3, 0.4) is 0 Å². The van der Waals surface area contributed by atoms with Crippen LogP contribution in [0, 0.1) is 5.82 Å². The highest BCUT2D eigenvalue weighted by atomic mass is 19.1. The average molecular weight is 398 g/mol. The normalized spacial score (nSPS) is 16.0. The number of nitrogens with one attached hydrogen (secondary N) is 2.